The van der Waals surface area contributed by atoms with Gasteiger partial charge in [-0.2, -0.15) is 32.4 Å². The summed E-state index contributed by atoms with van der Waals surface area (Å²) in [5, 5.41) is 10.8. The maximum absolute atomic E-state index is 12.5. The van der Waals surface area contributed by atoms with Crippen molar-refractivity contribution in [3.05, 3.63) is 58.9 Å². The lowest BCUT2D eigenvalue weighted by Crippen LogP contribution is -2.04. The highest BCUT2D eigenvalue weighted by Crippen LogP contribution is 2.23. The zero-order chi connectivity index (χ0) is 20.1. The van der Waals surface area contributed by atoms with Crippen LogP contribution in [0, 0.1) is 4.77 Å². The molecule has 28 heavy (non-hydrogen) atoms. The van der Waals surface area contributed by atoms with Crippen LogP contribution in [0.15, 0.2) is 53.6 Å². The van der Waals surface area contributed by atoms with Gasteiger partial charge in [0.2, 0.25) is 4.77 Å². The van der Waals surface area contributed by atoms with E-state index in [1.807, 2.05) is 0 Å². The average molecular weight is 412 g/mol. The Labute approximate surface area is 161 Å². The number of nitrogens with one attached hydrogen (secondary N) is 1. The van der Waals surface area contributed by atoms with Crippen molar-refractivity contribution < 1.29 is 27.0 Å². The molecule has 2 aromatic carbocycles. The van der Waals surface area contributed by atoms with E-state index in [1.165, 1.54) is 41.2 Å². The van der Waals surface area contributed by atoms with Gasteiger partial charge >= 0.3 is 13.2 Å². The fourth-order valence-corrected chi connectivity index (χ4v) is 2.46. The molecule has 0 unspecified atom stereocenters. The molecule has 0 fully saturated rings. The minimum atomic E-state index is -2.98. The molecule has 0 amide bonds. The van der Waals surface area contributed by atoms with Gasteiger partial charge in [0.1, 0.15) is 11.5 Å². The Morgan fingerprint density at radius 3 is 2.36 bits per heavy atom. The van der Waals surface area contributed by atoms with Gasteiger partial charge in [-0.05, 0) is 48.6 Å². The molecule has 0 aliphatic carbocycles. The summed E-state index contributed by atoms with van der Waals surface area (Å²) in [6.07, 6.45) is 1.29. The summed E-state index contributed by atoms with van der Waals surface area (Å²) in [6, 6.07) is 11.8. The minimum Gasteiger partial charge on any atom is -0.435 e. The van der Waals surface area contributed by atoms with Gasteiger partial charge in [0.25, 0.3) is 0 Å². The Balaban J connectivity index is 1.90. The van der Waals surface area contributed by atoms with E-state index in [9.17, 15) is 17.6 Å². The lowest BCUT2D eigenvalue weighted by molar-refractivity contribution is -0.0505. The molecule has 3 aromatic rings. The van der Waals surface area contributed by atoms with Crippen molar-refractivity contribution >= 4 is 18.4 Å². The highest BCUT2D eigenvalue weighted by molar-refractivity contribution is 7.71. The number of nitrogens with zero attached hydrogens (tertiary/aromatic N) is 3. The number of alkyl halides is 4. The number of halogens is 4. The Bertz CT molecular complexity index is 1020. The van der Waals surface area contributed by atoms with Crippen molar-refractivity contribution in [2.45, 2.75) is 13.2 Å². The lowest BCUT2D eigenvalue weighted by atomic mass is 10.2. The normalized spacial score (nSPS) is 11.5. The van der Waals surface area contributed by atoms with E-state index >= 15 is 0 Å². The fraction of sp³-hybridized carbons (Fsp3) is 0.118. The molecule has 0 aliphatic heterocycles. The van der Waals surface area contributed by atoms with Crippen molar-refractivity contribution in [2.24, 2.45) is 5.10 Å². The highest BCUT2D eigenvalue weighted by atomic mass is 32.1. The van der Waals surface area contributed by atoms with E-state index in [4.69, 9.17) is 12.2 Å². The van der Waals surface area contributed by atoms with E-state index in [0.717, 1.165) is 0 Å². The first-order chi connectivity index (χ1) is 13.4. The number of aromatic nitrogens is 3. The number of hydrogen-bond donors (Lipinski definition) is 1. The fourth-order valence-electron chi connectivity index (χ4n) is 2.28. The quantitative estimate of drug-likeness (QED) is 0.347. The monoisotopic (exact) mass is 412 g/mol. The van der Waals surface area contributed by atoms with Crippen LogP contribution in [0.3, 0.4) is 0 Å². The van der Waals surface area contributed by atoms with E-state index < -0.39 is 13.2 Å². The average Bonchev–Trinajstić information content (AvgIpc) is 3.01. The van der Waals surface area contributed by atoms with Crippen molar-refractivity contribution in [3.8, 4) is 22.9 Å². The molecule has 0 atom stereocenters. The third kappa shape index (κ3) is 4.74. The number of para-hydroxylation sites is 1. The molecule has 0 bridgehead atoms. The molecule has 1 aromatic heterocycles. The van der Waals surface area contributed by atoms with Crippen LogP contribution in [0.2, 0.25) is 0 Å². The first-order valence-electron chi connectivity index (χ1n) is 7.75. The van der Waals surface area contributed by atoms with Crippen LogP contribution in [-0.4, -0.2) is 34.3 Å². The van der Waals surface area contributed by atoms with Gasteiger partial charge in [-0.3, -0.25) is 0 Å². The van der Waals surface area contributed by atoms with Gasteiger partial charge in [-0.15, -0.1) is 0 Å². The summed E-state index contributed by atoms with van der Waals surface area (Å²) >= 11 is 5.13. The Morgan fingerprint density at radius 2 is 1.68 bits per heavy atom. The minimum absolute atomic E-state index is 0.0130. The van der Waals surface area contributed by atoms with E-state index in [0.29, 0.717) is 11.1 Å². The Hall–Kier alpha value is -3.21. The van der Waals surface area contributed by atoms with Crippen molar-refractivity contribution in [2.75, 3.05) is 0 Å². The van der Waals surface area contributed by atoms with Gasteiger partial charge in [-0.25, -0.2) is 5.10 Å². The van der Waals surface area contributed by atoms with Crippen LogP contribution in [0.1, 0.15) is 5.56 Å². The van der Waals surface area contributed by atoms with E-state index in [1.54, 1.807) is 18.2 Å². The number of benzene rings is 2. The molecule has 1 heterocycles. The second-order valence-corrected chi connectivity index (χ2v) is 5.61. The second-order valence-electron chi connectivity index (χ2n) is 5.23. The Morgan fingerprint density at radius 1 is 1.00 bits per heavy atom. The zero-order valence-corrected chi connectivity index (χ0v) is 14.7. The summed E-state index contributed by atoms with van der Waals surface area (Å²) in [5.41, 5.74) is 0.820. The first-order valence-corrected chi connectivity index (χ1v) is 8.15. The standard InChI is InChI=1S/C17H12F4N4O2S/c18-15(19)26-12-7-5-10(6-8-12)14-23-24-17(28)25(14)22-9-11-3-1-2-4-13(11)27-16(20)21/h1-9,15-16H,(H,24,28). The van der Waals surface area contributed by atoms with E-state index in [2.05, 4.69) is 24.8 Å². The molecule has 6 nitrogen and oxygen atoms in total. The predicted molar refractivity (Wildman–Crippen MR) is 95.5 cm³/mol. The molecule has 0 aliphatic rings. The third-order valence-corrected chi connectivity index (χ3v) is 3.70. The van der Waals surface area contributed by atoms with Gasteiger partial charge < -0.3 is 9.47 Å². The van der Waals surface area contributed by atoms with Gasteiger partial charge in [0.15, 0.2) is 5.82 Å². The number of H-pyrrole nitrogens is 1. The molecule has 0 spiro atoms. The number of aromatic amines is 1. The third-order valence-electron chi connectivity index (χ3n) is 3.44. The van der Waals surface area contributed by atoms with Crippen LogP contribution in [-0.2, 0) is 0 Å². The number of hydrogen-bond acceptors (Lipinski definition) is 5. The molecule has 0 saturated carbocycles. The molecule has 0 saturated heterocycles. The Kier molecular flexibility index (Phi) is 6.04. The summed E-state index contributed by atoms with van der Waals surface area (Å²) in [5.74, 6) is 0.226. The topological polar surface area (TPSA) is 64.4 Å². The maximum atomic E-state index is 12.5. The SMILES string of the molecule is FC(F)Oc1ccc(-c2n[nH]c(=S)n2N=Cc2ccccc2OC(F)F)cc1. The molecule has 11 heteroatoms. The van der Waals surface area contributed by atoms with Crippen LogP contribution in [0.4, 0.5) is 17.6 Å². The van der Waals surface area contributed by atoms with Crippen LogP contribution < -0.4 is 9.47 Å². The summed E-state index contributed by atoms with van der Waals surface area (Å²) in [7, 11) is 0. The summed E-state index contributed by atoms with van der Waals surface area (Å²) < 4.78 is 59.7. The van der Waals surface area contributed by atoms with Crippen LogP contribution in [0.5, 0.6) is 11.5 Å². The van der Waals surface area contributed by atoms with Crippen molar-refractivity contribution in [1.29, 1.82) is 0 Å². The zero-order valence-electron chi connectivity index (χ0n) is 13.9. The molecular weight excluding hydrogens is 400 g/mol. The lowest BCUT2D eigenvalue weighted by Gasteiger charge is -2.07. The van der Waals surface area contributed by atoms with Crippen LogP contribution >= 0.6 is 12.2 Å². The molecular formula is C17H12F4N4O2S. The van der Waals surface area contributed by atoms with E-state index in [-0.39, 0.29) is 22.1 Å². The number of rotatable bonds is 7. The molecule has 3 rings (SSSR count). The van der Waals surface area contributed by atoms with Crippen molar-refractivity contribution in [3.63, 3.8) is 0 Å². The second kappa shape index (κ2) is 8.65. The van der Waals surface area contributed by atoms with Gasteiger partial charge in [-0.1, -0.05) is 12.1 Å². The molecule has 146 valence electrons. The van der Waals surface area contributed by atoms with Gasteiger partial charge in [0, 0.05) is 11.1 Å². The maximum Gasteiger partial charge on any atom is 0.387 e. The summed E-state index contributed by atoms with van der Waals surface area (Å²) in [6.45, 7) is -5.91. The summed E-state index contributed by atoms with van der Waals surface area (Å²) in [4.78, 5) is 0. The predicted octanol–water partition coefficient (Wildman–Crippen LogP) is 4.69. The van der Waals surface area contributed by atoms with Crippen molar-refractivity contribution in [1.82, 2.24) is 14.9 Å². The van der Waals surface area contributed by atoms with Crippen LogP contribution in [0.25, 0.3) is 11.4 Å². The largest absolute Gasteiger partial charge is 0.435 e. The smallest absolute Gasteiger partial charge is 0.387 e. The highest BCUT2D eigenvalue weighted by Gasteiger charge is 2.11. The number of ether oxygens (including phenoxy) is 2. The van der Waals surface area contributed by atoms with Gasteiger partial charge in [0.05, 0.1) is 6.21 Å². The first kappa shape index (κ1) is 19.5. The molecule has 0 radical (unpaired) electrons. The molecule has 1 N–H and O–H groups in total.